The summed E-state index contributed by atoms with van der Waals surface area (Å²) in [5.74, 6) is 0.137. The topological polar surface area (TPSA) is 173 Å². The van der Waals surface area contributed by atoms with Gasteiger partial charge in [0.15, 0.2) is 11.5 Å². The number of aromatic nitrogens is 4. The van der Waals surface area contributed by atoms with Crippen LogP contribution in [0.15, 0.2) is 6.33 Å². The summed E-state index contributed by atoms with van der Waals surface area (Å²) in [6, 6.07) is 0. The Morgan fingerprint density at radius 1 is 1.44 bits per heavy atom. The van der Waals surface area contributed by atoms with Gasteiger partial charge in [-0.05, 0) is 0 Å². The number of methoxy groups -OCH3 is 1. The van der Waals surface area contributed by atoms with Crippen LogP contribution in [0.25, 0.3) is 11.2 Å². The molecule has 1 fully saturated rings. The van der Waals surface area contributed by atoms with Gasteiger partial charge in [0.2, 0.25) is 5.95 Å². The summed E-state index contributed by atoms with van der Waals surface area (Å²) in [6.07, 6.45) is -0.331. The van der Waals surface area contributed by atoms with Crippen LogP contribution >= 0.6 is 7.82 Å². The Morgan fingerprint density at radius 2 is 2.20 bits per heavy atom. The predicted octanol–water partition coefficient (Wildman–Crippen LogP) is -0.575. The van der Waals surface area contributed by atoms with Crippen molar-refractivity contribution in [2.75, 3.05) is 32.3 Å². The minimum atomic E-state index is -4.43. The molecule has 0 saturated carbocycles. The van der Waals surface area contributed by atoms with Gasteiger partial charge in [0.1, 0.15) is 17.8 Å². The Morgan fingerprint density at radius 3 is 2.88 bits per heavy atom. The number of nitrogens with two attached hydrogens (primary N) is 2. The Bertz CT molecular complexity index is 815. The molecular formula is C12H18N6O6P-. The van der Waals surface area contributed by atoms with E-state index < -0.39 is 26.3 Å². The Balaban J connectivity index is 1.90. The van der Waals surface area contributed by atoms with Crippen LogP contribution in [-0.4, -0.2) is 52.6 Å². The molecule has 0 aromatic carbocycles. The highest BCUT2D eigenvalue weighted by molar-refractivity contribution is 7.45. The standard InChI is InChI=1S/C12H19N6O6P/c1-21-4-7-6(24-25(19,20)22-2)3-8(23-7)18-5-15-9-10(13)16-12(14)17-11(9)18/h5-8H,3-4H2,1-2H3,(H,19,20)(H4,13,14,16,17)/p-1/t6?,7-,8-/m1/s1. The van der Waals surface area contributed by atoms with E-state index in [-0.39, 0.29) is 24.8 Å². The lowest BCUT2D eigenvalue weighted by Crippen LogP contribution is -2.29. The third-order valence-electron chi connectivity index (χ3n) is 3.78. The molecule has 25 heavy (non-hydrogen) atoms. The van der Waals surface area contributed by atoms with Crippen LogP contribution in [-0.2, 0) is 23.1 Å². The summed E-state index contributed by atoms with van der Waals surface area (Å²) in [5, 5.41) is 0. The van der Waals surface area contributed by atoms with E-state index in [9.17, 15) is 9.46 Å². The van der Waals surface area contributed by atoms with Gasteiger partial charge in [-0.1, -0.05) is 0 Å². The average Bonchev–Trinajstić information content (AvgIpc) is 3.12. The monoisotopic (exact) mass is 373 g/mol. The maximum absolute atomic E-state index is 11.6. The van der Waals surface area contributed by atoms with Gasteiger partial charge in [-0.3, -0.25) is 9.13 Å². The van der Waals surface area contributed by atoms with E-state index in [4.69, 9.17) is 25.5 Å². The number of anilines is 2. The first kappa shape index (κ1) is 18.0. The van der Waals surface area contributed by atoms with Crippen LogP contribution in [0.3, 0.4) is 0 Å². The van der Waals surface area contributed by atoms with E-state index in [0.717, 1.165) is 7.11 Å². The zero-order chi connectivity index (χ0) is 18.2. The normalized spacial score (nSPS) is 26.1. The maximum atomic E-state index is 11.6. The second-order valence-electron chi connectivity index (χ2n) is 5.38. The van der Waals surface area contributed by atoms with Crippen molar-refractivity contribution in [3.05, 3.63) is 6.33 Å². The Kier molecular flexibility index (Phi) is 4.91. The molecule has 2 aromatic heterocycles. The predicted molar refractivity (Wildman–Crippen MR) is 84.0 cm³/mol. The molecule has 2 aromatic rings. The van der Waals surface area contributed by atoms with Crippen LogP contribution < -0.4 is 16.4 Å². The number of imidazole rings is 1. The summed E-state index contributed by atoms with van der Waals surface area (Å²) in [5.41, 5.74) is 12.2. The van der Waals surface area contributed by atoms with Gasteiger partial charge < -0.3 is 34.9 Å². The van der Waals surface area contributed by atoms with Crippen LogP contribution in [0.1, 0.15) is 12.6 Å². The first-order valence-electron chi connectivity index (χ1n) is 7.29. The van der Waals surface area contributed by atoms with Crippen molar-refractivity contribution in [2.45, 2.75) is 24.9 Å². The molecule has 4 N–H and O–H groups in total. The summed E-state index contributed by atoms with van der Waals surface area (Å²) in [6.45, 7) is 0.136. The quantitative estimate of drug-likeness (QED) is 0.620. The molecule has 1 saturated heterocycles. The average molecular weight is 373 g/mol. The number of hydrogen-bond acceptors (Lipinski definition) is 11. The number of phosphoric acid groups is 1. The molecule has 0 spiro atoms. The number of rotatable bonds is 6. The van der Waals surface area contributed by atoms with Crippen LogP contribution in [0.5, 0.6) is 0 Å². The van der Waals surface area contributed by atoms with E-state index in [0.29, 0.717) is 11.2 Å². The van der Waals surface area contributed by atoms with Gasteiger partial charge in [0.25, 0.3) is 7.82 Å². The van der Waals surface area contributed by atoms with Crippen LogP contribution in [0.4, 0.5) is 11.8 Å². The number of nitrogen functional groups attached to an aromatic ring is 2. The molecule has 13 heteroatoms. The number of ether oxygens (including phenoxy) is 2. The van der Waals surface area contributed by atoms with E-state index in [1.165, 1.54) is 13.4 Å². The second kappa shape index (κ2) is 6.83. The van der Waals surface area contributed by atoms with Gasteiger partial charge in [0, 0.05) is 20.6 Å². The summed E-state index contributed by atoms with van der Waals surface area (Å²) in [7, 11) is -1.93. The van der Waals surface area contributed by atoms with E-state index in [1.807, 2.05) is 0 Å². The Labute approximate surface area is 142 Å². The number of hydrogen-bond donors (Lipinski definition) is 2. The van der Waals surface area contributed by atoms with E-state index in [1.54, 1.807) is 4.57 Å². The highest BCUT2D eigenvalue weighted by atomic mass is 31.2. The van der Waals surface area contributed by atoms with Crippen LogP contribution in [0.2, 0.25) is 0 Å². The number of nitrogens with zero attached hydrogens (tertiary/aromatic N) is 4. The fourth-order valence-electron chi connectivity index (χ4n) is 2.67. The van der Waals surface area contributed by atoms with Gasteiger partial charge in [-0.15, -0.1) is 0 Å². The lowest BCUT2D eigenvalue weighted by molar-refractivity contribution is -0.229. The largest absolute Gasteiger partial charge is 0.756 e. The number of fused-ring (bicyclic) bond motifs is 1. The minimum absolute atomic E-state index is 0.00516. The van der Waals surface area contributed by atoms with Crippen molar-refractivity contribution < 1.29 is 28.0 Å². The van der Waals surface area contributed by atoms with E-state index >= 15 is 0 Å². The summed E-state index contributed by atoms with van der Waals surface area (Å²) in [4.78, 5) is 23.7. The fraction of sp³-hybridized carbons (Fsp3) is 0.583. The SMILES string of the molecule is COC[C@H]1O[C@@H](n2cnc3c(N)nc(N)nc32)CC1OP(=O)([O-])OC. The molecule has 0 radical (unpaired) electrons. The Hall–Kier alpha value is -1.82. The lowest BCUT2D eigenvalue weighted by Gasteiger charge is -2.26. The number of phosphoric ester groups is 1. The molecule has 3 rings (SSSR count). The molecule has 1 aliphatic rings. The summed E-state index contributed by atoms with van der Waals surface area (Å²) < 4.78 is 33.5. The molecule has 138 valence electrons. The third kappa shape index (κ3) is 3.59. The molecule has 4 atom stereocenters. The van der Waals surface area contributed by atoms with Gasteiger partial charge in [0.05, 0.1) is 19.0 Å². The third-order valence-corrected chi connectivity index (χ3v) is 4.75. The molecule has 12 nitrogen and oxygen atoms in total. The highest BCUT2D eigenvalue weighted by Gasteiger charge is 2.39. The molecule has 0 bridgehead atoms. The van der Waals surface area contributed by atoms with E-state index in [2.05, 4.69) is 19.5 Å². The van der Waals surface area contributed by atoms with Crippen molar-refractivity contribution >= 4 is 30.8 Å². The van der Waals surface area contributed by atoms with Crippen molar-refractivity contribution in [1.82, 2.24) is 19.5 Å². The van der Waals surface area contributed by atoms with Crippen molar-refractivity contribution in [2.24, 2.45) is 0 Å². The first-order valence-corrected chi connectivity index (χ1v) is 8.75. The van der Waals surface area contributed by atoms with Gasteiger partial charge in [-0.2, -0.15) is 9.97 Å². The molecule has 3 heterocycles. The molecule has 0 aliphatic carbocycles. The van der Waals surface area contributed by atoms with Crippen LogP contribution in [0, 0.1) is 0 Å². The molecular weight excluding hydrogens is 355 g/mol. The van der Waals surface area contributed by atoms with Gasteiger partial charge in [-0.25, -0.2) is 4.98 Å². The van der Waals surface area contributed by atoms with Crippen molar-refractivity contribution in [1.29, 1.82) is 0 Å². The summed E-state index contributed by atoms with van der Waals surface area (Å²) >= 11 is 0. The molecule has 0 amide bonds. The zero-order valence-corrected chi connectivity index (χ0v) is 14.5. The van der Waals surface area contributed by atoms with Crippen molar-refractivity contribution in [3.8, 4) is 0 Å². The first-order chi connectivity index (χ1) is 11.8. The zero-order valence-electron chi connectivity index (χ0n) is 13.6. The fourth-order valence-corrected chi connectivity index (χ4v) is 3.31. The van der Waals surface area contributed by atoms with Gasteiger partial charge >= 0.3 is 0 Å². The van der Waals surface area contributed by atoms with Crippen molar-refractivity contribution in [3.63, 3.8) is 0 Å². The highest BCUT2D eigenvalue weighted by Crippen LogP contribution is 2.44. The minimum Gasteiger partial charge on any atom is -0.756 e. The molecule has 2 unspecified atom stereocenters. The second-order valence-corrected chi connectivity index (χ2v) is 6.86. The smallest absolute Gasteiger partial charge is 0.267 e. The maximum Gasteiger partial charge on any atom is 0.267 e. The lowest BCUT2D eigenvalue weighted by atomic mass is 10.2. The molecule has 1 aliphatic heterocycles.